The lowest BCUT2D eigenvalue weighted by Gasteiger charge is -2.42. The second-order valence-corrected chi connectivity index (χ2v) is 7.50. The highest BCUT2D eigenvalue weighted by Crippen LogP contribution is 2.59. The van der Waals surface area contributed by atoms with Crippen LogP contribution in [0.15, 0.2) is 0 Å². The summed E-state index contributed by atoms with van der Waals surface area (Å²) in [6.45, 7) is 7.79. The molecule has 3 saturated heterocycles. The van der Waals surface area contributed by atoms with Gasteiger partial charge >= 0.3 is 0 Å². The smallest absolute Gasteiger partial charge is 0.226 e. The Kier molecular flexibility index (Phi) is 3.08. The molecule has 4 rings (SSSR count). The van der Waals surface area contributed by atoms with Crippen molar-refractivity contribution < 1.29 is 4.79 Å². The first-order valence-corrected chi connectivity index (χ1v) is 8.45. The van der Waals surface area contributed by atoms with Crippen molar-refractivity contribution in [2.45, 2.75) is 51.1 Å². The molecule has 4 heteroatoms. The molecule has 1 saturated carbocycles. The molecule has 0 aromatic carbocycles. The fraction of sp³-hybridized carbons (Fsp3) is 0.938. The fourth-order valence-electron chi connectivity index (χ4n) is 4.87. The summed E-state index contributed by atoms with van der Waals surface area (Å²) in [5.41, 5.74) is 0.384. The first kappa shape index (κ1) is 13.1. The highest BCUT2D eigenvalue weighted by atomic mass is 16.2. The summed E-state index contributed by atoms with van der Waals surface area (Å²) >= 11 is 0. The number of carbonyl (C=O) groups is 1. The van der Waals surface area contributed by atoms with Crippen molar-refractivity contribution >= 4 is 5.91 Å². The molecule has 4 fully saturated rings. The number of amides is 1. The number of hydrogen-bond acceptors (Lipinski definition) is 3. The van der Waals surface area contributed by atoms with Crippen molar-refractivity contribution in [3.05, 3.63) is 0 Å². The van der Waals surface area contributed by atoms with E-state index in [9.17, 15) is 4.79 Å². The maximum Gasteiger partial charge on any atom is 0.226 e. The third-order valence-electron chi connectivity index (χ3n) is 6.31. The largest absolute Gasteiger partial charge is 0.337 e. The van der Waals surface area contributed by atoms with Crippen LogP contribution in [0.25, 0.3) is 0 Å². The monoisotopic (exact) mass is 277 g/mol. The van der Waals surface area contributed by atoms with Crippen molar-refractivity contribution in [1.29, 1.82) is 0 Å². The van der Waals surface area contributed by atoms with Gasteiger partial charge in [-0.15, -0.1) is 0 Å². The normalized spacial score (nSPS) is 39.9. The van der Waals surface area contributed by atoms with Crippen molar-refractivity contribution in [2.24, 2.45) is 11.3 Å². The lowest BCUT2D eigenvalue weighted by Crippen LogP contribution is -2.57. The van der Waals surface area contributed by atoms with Crippen molar-refractivity contribution in [2.75, 3.05) is 32.7 Å². The Morgan fingerprint density at radius 1 is 1.25 bits per heavy atom. The van der Waals surface area contributed by atoms with E-state index < -0.39 is 0 Å². The maximum absolute atomic E-state index is 12.9. The van der Waals surface area contributed by atoms with Crippen LogP contribution in [0.2, 0.25) is 0 Å². The third kappa shape index (κ3) is 2.00. The number of piperazine rings is 1. The molecule has 4 aliphatic rings. The molecule has 0 aromatic rings. The molecular weight excluding hydrogens is 250 g/mol. The number of hydrogen-bond donors (Lipinski definition) is 1. The van der Waals surface area contributed by atoms with Crippen molar-refractivity contribution in [3.8, 4) is 0 Å². The predicted octanol–water partition coefficient (Wildman–Crippen LogP) is 1.07. The minimum atomic E-state index is 0.347. The Balaban J connectivity index is 1.43. The van der Waals surface area contributed by atoms with Gasteiger partial charge in [-0.2, -0.15) is 0 Å². The summed E-state index contributed by atoms with van der Waals surface area (Å²) in [7, 11) is 0. The Bertz CT molecular complexity index is 405. The average molecular weight is 277 g/mol. The predicted molar refractivity (Wildman–Crippen MR) is 78.4 cm³/mol. The average Bonchev–Trinajstić information content (AvgIpc) is 2.94. The molecule has 4 nitrogen and oxygen atoms in total. The van der Waals surface area contributed by atoms with Gasteiger partial charge in [-0.3, -0.25) is 9.69 Å². The standard InChI is InChI=1S/C16H27N3O/c1-12-10-18-8-2-3-13(18)11-19(12)15(20)14-9-16(14)4-6-17-7-5-16/h12-14,17H,2-11H2,1H3. The minimum absolute atomic E-state index is 0.347. The van der Waals surface area contributed by atoms with Crippen LogP contribution in [-0.2, 0) is 4.79 Å². The molecule has 1 N–H and O–H groups in total. The zero-order valence-electron chi connectivity index (χ0n) is 12.6. The van der Waals surface area contributed by atoms with Gasteiger partial charge in [0.05, 0.1) is 0 Å². The summed E-state index contributed by atoms with van der Waals surface area (Å²) in [4.78, 5) is 17.7. The number of nitrogens with one attached hydrogen (secondary N) is 1. The topological polar surface area (TPSA) is 35.6 Å². The summed E-state index contributed by atoms with van der Waals surface area (Å²) in [5, 5.41) is 3.43. The van der Waals surface area contributed by atoms with Crippen LogP contribution >= 0.6 is 0 Å². The molecule has 1 aliphatic carbocycles. The van der Waals surface area contributed by atoms with E-state index >= 15 is 0 Å². The zero-order valence-corrected chi connectivity index (χ0v) is 12.6. The number of piperidine rings is 1. The van der Waals surface area contributed by atoms with E-state index in [0.717, 1.165) is 32.6 Å². The van der Waals surface area contributed by atoms with Gasteiger partial charge in [0, 0.05) is 31.1 Å². The maximum atomic E-state index is 12.9. The molecule has 3 aliphatic heterocycles. The van der Waals surface area contributed by atoms with Gasteiger partial charge < -0.3 is 10.2 Å². The molecule has 112 valence electrons. The number of fused-ring (bicyclic) bond motifs is 1. The van der Waals surface area contributed by atoms with Crippen molar-refractivity contribution in [3.63, 3.8) is 0 Å². The molecule has 0 aromatic heterocycles. The second kappa shape index (κ2) is 4.70. The Morgan fingerprint density at radius 2 is 2.05 bits per heavy atom. The van der Waals surface area contributed by atoms with E-state index in [1.165, 1.54) is 32.2 Å². The quantitative estimate of drug-likeness (QED) is 0.779. The number of rotatable bonds is 1. The van der Waals surface area contributed by atoms with E-state index in [4.69, 9.17) is 0 Å². The lowest BCUT2D eigenvalue weighted by atomic mass is 9.91. The molecule has 3 unspecified atom stereocenters. The first-order chi connectivity index (χ1) is 9.70. The number of nitrogens with zero attached hydrogens (tertiary/aromatic N) is 2. The van der Waals surface area contributed by atoms with E-state index in [2.05, 4.69) is 22.0 Å². The summed E-state index contributed by atoms with van der Waals surface area (Å²) in [6.07, 6.45) is 6.18. The molecule has 0 radical (unpaired) electrons. The molecular formula is C16H27N3O. The van der Waals surface area contributed by atoms with Crippen LogP contribution in [0.1, 0.15) is 39.0 Å². The first-order valence-electron chi connectivity index (χ1n) is 8.45. The summed E-state index contributed by atoms with van der Waals surface area (Å²) < 4.78 is 0. The van der Waals surface area contributed by atoms with Crippen LogP contribution in [0.4, 0.5) is 0 Å². The SMILES string of the molecule is CC1CN2CCCC2CN1C(=O)C1CC12CCNCC2. The van der Waals surface area contributed by atoms with Crippen molar-refractivity contribution in [1.82, 2.24) is 15.1 Å². The van der Waals surface area contributed by atoms with Crippen LogP contribution in [0, 0.1) is 11.3 Å². The summed E-state index contributed by atoms with van der Waals surface area (Å²) in [5.74, 6) is 0.825. The Labute approximate surface area is 121 Å². The molecule has 1 spiro atoms. The fourth-order valence-corrected chi connectivity index (χ4v) is 4.87. The third-order valence-corrected chi connectivity index (χ3v) is 6.31. The molecule has 1 amide bonds. The molecule has 3 heterocycles. The second-order valence-electron chi connectivity index (χ2n) is 7.50. The van der Waals surface area contributed by atoms with Gasteiger partial charge in [-0.05, 0) is 64.1 Å². The highest BCUT2D eigenvalue weighted by molar-refractivity contribution is 5.83. The molecule has 0 bridgehead atoms. The van der Waals surface area contributed by atoms with E-state index in [-0.39, 0.29) is 0 Å². The molecule has 3 atom stereocenters. The minimum Gasteiger partial charge on any atom is -0.337 e. The number of carbonyl (C=O) groups excluding carboxylic acids is 1. The van der Waals surface area contributed by atoms with Crippen LogP contribution in [-0.4, -0.2) is 60.5 Å². The Morgan fingerprint density at radius 3 is 2.85 bits per heavy atom. The zero-order chi connectivity index (χ0) is 13.7. The van der Waals surface area contributed by atoms with E-state index in [0.29, 0.717) is 29.3 Å². The van der Waals surface area contributed by atoms with Gasteiger partial charge in [0.15, 0.2) is 0 Å². The van der Waals surface area contributed by atoms with Crippen LogP contribution in [0.3, 0.4) is 0 Å². The van der Waals surface area contributed by atoms with Gasteiger partial charge in [-0.25, -0.2) is 0 Å². The molecule has 20 heavy (non-hydrogen) atoms. The highest BCUT2D eigenvalue weighted by Gasteiger charge is 2.59. The lowest BCUT2D eigenvalue weighted by molar-refractivity contribution is -0.139. The van der Waals surface area contributed by atoms with Crippen LogP contribution < -0.4 is 5.32 Å². The van der Waals surface area contributed by atoms with Crippen LogP contribution in [0.5, 0.6) is 0 Å². The van der Waals surface area contributed by atoms with E-state index in [1.807, 2.05) is 0 Å². The summed E-state index contributed by atoms with van der Waals surface area (Å²) in [6, 6.07) is 1.06. The van der Waals surface area contributed by atoms with Gasteiger partial charge in [-0.1, -0.05) is 0 Å². The Hall–Kier alpha value is -0.610. The van der Waals surface area contributed by atoms with Gasteiger partial charge in [0.2, 0.25) is 5.91 Å². The van der Waals surface area contributed by atoms with Gasteiger partial charge in [0.25, 0.3) is 0 Å². The van der Waals surface area contributed by atoms with Gasteiger partial charge in [0.1, 0.15) is 0 Å². The van der Waals surface area contributed by atoms with E-state index in [1.54, 1.807) is 0 Å².